The van der Waals surface area contributed by atoms with Crippen LogP contribution in [-0.2, 0) is 28.8 Å². The molecule has 130 valence electrons. The van der Waals surface area contributed by atoms with E-state index in [1.807, 2.05) is 12.1 Å². The molecular formula is C20H23N3O2. The zero-order valence-electron chi connectivity index (χ0n) is 14.8. The van der Waals surface area contributed by atoms with Crippen molar-refractivity contribution in [3.05, 3.63) is 41.1 Å². The molecule has 1 atom stereocenters. The van der Waals surface area contributed by atoms with Gasteiger partial charge in [-0.15, -0.1) is 0 Å². The highest BCUT2D eigenvalue weighted by atomic mass is 16.5. The van der Waals surface area contributed by atoms with Gasteiger partial charge in [0, 0.05) is 29.4 Å². The Kier molecular flexibility index (Phi) is 4.15. The molecule has 2 heterocycles. The fraction of sp³-hybridized carbons (Fsp3) is 0.450. The van der Waals surface area contributed by atoms with Gasteiger partial charge in [-0.3, -0.25) is 4.79 Å². The molecule has 1 aliphatic heterocycles. The second kappa shape index (κ2) is 6.47. The molecule has 0 unspecified atom stereocenters. The van der Waals surface area contributed by atoms with E-state index >= 15 is 0 Å². The lowest BCUT2D eigenvalue weighted by molar-refractivity contribution is -0.139. The van der Waals surface area contributed by atoms with Gasteiger partial charge in [-0.2, -0.15) is 0 Å². The molecule has 1 saturated heterocycles. The van der Waals surface area contributed by atoms with E-state index in [9.17, 15) is 4.79 Å². The number of fused-ring (bicyclic) bond motifs is 1. The third-order valence-corrected chi connectivity index (χ3v) is 5.27. The Bertz CT molecular complexity index is 819. The first kappa shape index (κ1) is 16.1. The molecule has 1 aliphatic carbocycles. The van der Waals surface area contributed by atoms with Gasteiger partial charge in [0.2, 0.25) is 5.95 Å². The van der Waals surface area contributed by atoms with E-state index in [-0.39, 0.29) is 12.4 Å². The van der Waals surface area contributed by atoms with Crippen LogP contribution in [0.15, 0.2) is 24.3 Å². The Morgan fingerprint density at radius 3 is 2.92 bits per heavy atom. The smallest absolute Gasteiger partial charge is 0.309 e. The number of esters is 1. The SMILES string of the molecule is COC(=O)Cc1cccc(-c2nc(N3CC[C@@H]3C)nc3c2CCC3)c1. The maximum atomic E-state index is 11.6. The summed E-state index contributed by atoms with van der Waals surface area (Å²) in [5, 5.41) is 0. The van der Waals surface area contributed by atoms with E-state index in [0.717, 1.165) is 48.6 Å². The van der Waals surface area contributed by atoms with Crippen molar-refractivity contribution in [1.82, 2.24) is 9.97 Å². The molecule has 1 aromatic carbocycles. The molecule has 0 spiro atoms. The number of hydrogen-bond acceptors (Lipinski definition) is 5. The van der Waals surface area contributed by atoms with Crippen molar-refractivity contribution in [2.24, 2.45) is 0 Å². The summed E-state index contributed by atoms with van der Waals surface area (Å²) in [5.41, 5.74) is 5.51. The van der Waals surface area contributed by atoms with E-state index in [4.69, 9.17) is 14.7 Å². The number of ether oxygens (including phenoxy) is 1. The third kappa shape index (κ3) is 2.99. The second-order valence-corrected chi connectivity index (χ2v) is 6.94. The molecule has 1 fully saturated rings. The number of carbonyl (C=O) groups excluding carboxylic acids is 1. The predicted octanol–water partition coefficient (Wildman–Crippen LogP) is 2.95. The van der Waals surface area contributed by atoms with Crippen LogP contribution in [0.5, 0.6) is 0 Å². The van der Waals surface area contributed by atoms with Crippen molar-refractivity contribution in [2.45, 2.75) is 45.1 Å². The Morgan fingerprint density at radius 1 is 1.32 bits per heavy atom. The van der Waals surface area contributed by atoms with E-state index in [1.165, 1.54) is 24.8 Å². The van der Waals surface area contributed by atoms with Crippen molar-refractivity contribution in [3.63, 3.8) is 0 Å². The van der Waals surface area contributed by atoms with Crippen molar-refractivity contribution in [3.8, 4) is 11.3 Å². The maximum Gasteiger partial charge on any atom is 0.309 e. The first-order chi connectivity index (χ1) is 12.2. The highest BCUT2D eigenvalue weighted by molar-refractivity contribution is 5.74. The number of anilines is 1. The van der Waals surface area contributed by atoms with E-state index in [2.05, 4.69) is 24.0 Å². The Hall–Kier alpha value is -2.43. The molecule has 1 aromatic heterocycles. The molecule has 0 radical (unpaired) electrons. The van der Waals surface area contributed by atoms with Crippen LogP contribution in [0.2, 0.25) is 0 Å². The molecule has 4 rings (SSSR count). The minimum absolute atomic E-state index is 0.222. The highest BCUT2D eigenvalue weighted by Crippen LogP contribution is 2.34. The first-order valence-electron chi connectivity index (χ1n) is 8.98. The normalized spacial score (nSPS) is 18.6. The van der Waals surface area contributed by atoms with Crippen molar-refractivity contribution in [2.75, 3.05) is 18.6 Å². The summed E-state index contributed by atoms with van der Waals surface area (Å²) in [6.07, 6.45) is 4.68. The molecule has 0 bridgehead atoms. The number of hydrogen-bond donors (Lipinski definition) is 0. The van der Waals surface area contributed by atoms with Crippen LogP contribution in [0.25, 0.3) is 11.3 Å². The highest BCUT2D eigenvalue weighted by Gasteiger charge is 2.29. The molecule has 0 N–H and O–H groups in total. The van der Waals surface area contributed by atoms with Crippen molar-refractivity contribution < 1.29 is 9.53 Å². The average molecular weight is 337 g/mol. The van der Waals surface area contributed by atoms with Gasteiger partial charge in [-0.05, 0) is 44.2 Å². The average Bonchev–Trinajstić information content (AvgIpc) is 3.08. The topological polar surface area (TPSA) is 55.3 Å². The maximum absolute atomic E-state index is 11.6. The summed E-state index contributed by atoms with van der Waals surface area (Å²) in [7, 11) is 1.42. The minimum atomic E-state index is -0.222. The van der Waals surface area contributed by atoms with Gasteiger partial charge < -0.3 is 9.64 Å². The number of rotatable bonds is 4. The largest absolute Gasteiger partial charge is 0.469 e. The number of nitrogens with zero attached hydrogens (tertiary/aromatic N) is 3. The lowest BCUT2D eigenvalue weighted by atomic mass is 10.0. The van der Waals surface area contributed by atoms with Gasteiger partial charge in [-0.1, -0.05) is 18.2 Å². The number of aryl methyl sites for hydroxylation is 1. The van der Waals surface area contributed by atoms with Crippen LogP contribution in [-0.4, -0.2) is 35.6 Å². The van der Waals surface area contributed by atoms with Crippen molar-refractivity contribution in [1.29, 1.82) is 0 Å². The van der Waals surface area contributed by atoms with Crippen LogP contribution in [0.3, 0.4) is 0 Å². The molecule has 2 aliphatic rings. The van der Waals surface area contributed by atoms with Gasteiger partial charge >= 0.3 is 5.97 Å². The molecule has 5 nitrogen and oxygen atoms in total. The van der Waals surface area contributed by atoms with Crippen molar-refractivity contribution >= 4 is 11.9 Å². The predicted molar refractivity (Wildman–Crippen MR) is 96.6 cm³/mol. The zero-order chi connectivity index (χ0) is 17.4. The van der Waals surface area contributed by atoms with Gasteiger partial charge in [0.1, 0.15) is 0 Å². The van der Waals surface area contributed by atoms with Crippen LogP contribution in [0, 0.1) is 0 Å². The van der Waals surface area contributed by atoms with Gasteiger partial charge in [0.05, 0.1) is 19.2 Å². The van der Waals surface area contributed by atoms with E-state index in [0.29, 0.717) is 6.04 Å². The fourth-order valence-corrected chi connectivity index (χ4v) is 3.67. The van der Waals surface area contributed by atoms with E-state index < -0.39 is 0 Å². The number of aromatic nitrogens is 2. The summed E-state index contributed by atoms with van der Waals surface area (Å²) in [5.74, 6) is 0.632. The lowest BCUT2D eigenvalue weighted by Crippen LogP contribution is -2.46. The van der Waals surface area contributed by atoms with E-state index in [1.54, 1.807) is 0 Å². The summed E-state index contributed by atoms with van der Waals surface area (Å²) < 4.78 is 4.79. The molecular weight excluding hydrogens is 314 g/mol. The van der Waals surface area contributed by atoms with Crippen LogP contribution in [0.4, 0.5) is 5.95 Å². The Morgan fingerprint density at radius 2 is 2.20 bits per heavy atom. The minimum Gasteiger partial charge on any atom is -0.469 e. The zero-order valence-corrected chi connectivity index (χ0v) is 14.8. The van der Waals surface area contributed by atoms with Gasteiger partial charge in [0.15, 0.2) is 0 Å². The van der Waals surface area contributed by atoms with Gasteiger partial charge in [-0.25, -0.2) is 9.97 Å². The summed E-state index contributed by atoms with van der Waals surface area (Å²) in [6, 6.07) is 8.59. The third-order valence-electron chi connectivity index (χ3n) is 5.27. The summed E-state index contributed by atoms with van der Waals surface area (Å²) in [6.45, 7) is 3.25. The Labute approximate surface area is 148 Å². The monoisotopic (exact) mass is 337 g/mol. The Balaban J connectivity index is 1.74. The fourth-order valence-electron chi connectivity index (χ4n) is 3.67. The number of benzene rings is 1. The second-order valence-electron chi connectivity index (χ2n) is 6.94. The first-order valence-corrected chi connectivity index (χ1v) is 8.98. The molecule has 2 aromatic rings. The lowest BCUT2D eigenvalue weighted by Gasteiger charge is -2.39. The molecule has 0 saturated carbocycles. The van der Waals surface area contributed by atoms with Crippen LogP contribution in [0.1, 0.15) is 36.6 Å². The molecule has 25 heavy (non-hydrogen) atoms. The van der Waals surface area contributed by atoms with Crippen LogP contribution < -0.4 is 4.90 Å². The summed E-state index contributed by atoms with van der Waals surface area (Å²) >= 11 is 0. The number of carbonyl (C=O) groups is 1. The molecule has 5 heteroatoms. The standard InChI is InChI=1S/C20H23N3O2/c1-13-9-10-23(13)20-21-17-8-4-7-16(17)19(22-20)15-6-3-5-14(11-15)12-18(24)25-2/h3,5-6,11,13H,4,7-10,12H2,1-2H3/t13-/m0/s1. The molecule has 0 amide bonds. The number of methoxy groups -OCH3 is 1. The quantitative estimate of drug-likeness (QED) is 0.803. The van der Waals surface area contributed by atoms with Gasteiger partial charge in [0.25, 0.3) is 0 Å². The van der Waals surface area contributed by atoms with Crippen LogP contribution >= 0.6 is 0 Å². The summed E-state index contributed by atoms with van der Waals surface area (Å²) in [4.78, 5) is 23.6.